The average molecular weight is 322 g/mol. The van der Waals surface area contributed by atoms with Crippen LogP contribution in [0.2, 0.25) is 0 Å². The highest BCUT2D eigenvalue weighted by Gasteiger charge is 2.10. The van der Waals surface area contributed by atoms with Gasteiger partial charge in [-0.3, -0.25) is 4.98 Å². The number of hydrogen-bond acceptors (Lipinski definition) is 5. The lowest BCUT2D eigenvalue weighted by molar-refractivity contribution is -0.142. The number of nitrogens with zero attached hydrogens (tertiary/aromatic N) is 2. The monoisotopic (exact) mass is 322 g/mol. The van der Waals surface area contributed by atoms with Crippen molar-refractivity contribution in [1.29, 1.82) is 5.26 Å². The number of aryl methyl sites for hydroxylation is 2. The normalized spacial score (nSPS) is 10.8. The summed E-state index contributed by atoms with van der Waals surface area (Å²) >= 11 is 0. The molecule has 2 aromatic rings. The quantitative estimate of drug-likeness (QED) is 0.624. The summed E-state index contributed by atoms with van der Waals surface area (Å²) < 4.78 is 10.1. The zero-order valence-corrected chi connectivity index (χ0v) is 13.9. The topological polar surface area (TPSA) is 72.2 Å². The fourth-order valence-corrected chi connectivity index (χ4v) is 2.34. The molecule has 0 atom stereocenters. The first-order valence-electron chi connectivity index (χ1n) is 7.39. The van der Waals surface area contributed by atoms with Crippen LogP contribution in [0.5, 0.6) is 5.75 Å². The molecule has 0 aliphatic rings. The molecule has 5 heteroatoms. The summed E-state index contributed by atoms with van der Waals surface area (Å²) in [5, 5.41) is 9.37. The van der Waals surface area contributed by atoms with Crippen molar-refractivity contribution in [3.63, 3.8) is 0 Å². The van der Waals surface area contributed by atoms with Crippen LogP contribution in [0.3, 0.4) is 0 Å². The number of allylic oxidation sites excluding steroid dienone is 1. The van der Waals surface area contributed by atoms with E-state index < -0.39 is 5.97 Å². The van der Waals surface area contributed by atoms with Crippen LogP contribution in [0.1, 0.15) is 22.4 Å². The van der Waals surface area contributed by atoms with Crippen LogP contribution >= 0.6 is 0 Å². The van der Waals surface area contributed by atoms with E-state index >= 15 is 0 Å². The Hall–Kier alpha value is -3.13. The second-order valence-electron chi connectivity index (χ2n) is 5.23. The fourth-order valence-electron chi connectivity index (χ4n) is 2.34. The molecule has 0 unspecified atom stereocenters. The van der Waals surface area contributed by atoms with Crippen LogP contribution in [0, 0.1) is 25.2 Å². The van der Waals surface area contributed by atoms with Crippen LogP contribution in [-0.4, -0.2) is 24.7 Å². The van der Waals surface area contributed by atoms with Gasteiger partial charge < -0.3 is 9.47 Å². The second-order valence-corrected chi connectivity index (χ2v) is 5.23. The third-order valence-corrected chi connectivity index (χ3v) is 3.42. The summed E-state index contributed by atoms with van der Waals surface area (Å²) in [5.74, 6) is 0.216. The van der Waals surface area contributed by atoms with Gasteiger partial charge in [-0.1, -0.05) is 6.07 Å². The number of ether oxygens (including phenoxy) is 2. The minimum atomic E-state index is -0.431. The van der Waals surface area contributed by atoms with Gasteiger partial charge in [-0.2, -0.15) is 5.26 Å². The molecule has 2 rings (SSSR count). The van der Waals surface area contributed by atoms with Crippen LogP contribution in [0.4, 0.5) is 0 Å². The van der Waals surface area contributed by atoms with Crippen molar-refractivity contribution in [3.05, 3.63) is 58.9 Å². The number of hydrogen-bond donors (Lipinski definition) is 0. The first-order valence-corrected chi connectivity index (χ1v) is 7.39. The third kappa shape index (κ3) is 4.20. The van der Waals surface area contributed by atoms with Crippen LogP contribution in [0.25, 0.3) is 11.6 Å². The van der Waals surface area contributed by atoms with Crippen LogP contribution in [-0.2, 0) is 9.53 Å². The van der Waals surface area contributed by atoms with E-state index in [4.69, 9.17) is 4.74 Å². The summed E-state index contributed by atoms with van der Waals surface area (Å²) in [4.78, 5) is 15.4. The second kappa shape index (κ2) is 7.93. The van der Waals surface area contributed by atoms with E-state index in [2.05, 4.69) is 15.8 Å². The molecule has 0 aliphatic carbocycles. The van der Waals surface area contributed by atoms with Crippen LogP contribution in [0.15, 0.2) is 36.5 Å². The van der Waals surface area contributed by atoms with Crippen molar-refractivity contribution in [3.8, 4) is 11.8 Å². The minimum absolute atomic E-state index is 0.134. The maximum absolute atomic E-state index is 11.2. The number of carbonyl (C=O) groups is 1. The molecule has 1 aromatic carbocycles. The molecule has 0 radical (unpaired) electrons. The molecule has 0 fully saturated rings. The number of aromatic nitrogens is 1. The molecule has 0 aliphatic heterocycles. The summed E-state index contributed by atoms with van der Waals surface area (Å²) in [7, 11) is 1.32. The maximum Gasteiger partial charge on any atom is 0.343 e. The van der Waals surface area contributed by atoms with Gasteiger partial charge in [0.15, 0.2) is 6.61 Å². The molecule has 0 spiro atoms. The molecule has 5 nitrogen and oxygen atoms in total. The highest BCUT2D eigenvalue weighted by molar-refractivity contribution is 5.88. The summed E-state index contributed by atoms with van der Waals surface area (Å²) in [5.41, 5.74) is 3.74. The van der Waals surface area contributed by atoms with Gasteiger partial charge in [0.1, 0.15) is 11.8 Å². The van der Waals surface area contributed by atoms with Crippen molar-refractivity contribution >= 4 is 17.6 Å². The van der Waals surface area contributed by atoms with Crippen molar-refractivity contribution in [2.75, 3.05) is 13.7 Å². The zero-order chi connectivity index (χ0) is 17.5. The average Bonchev–Trinajstić information content (AvgIpc) is 2.59. The molecule has 1 heterocycles. The van der Waals surface area contributed by atoms with Crippen molar-refractivity contribution in [1.82, 2.24) is 4.98 Å². The van der Waals surface area contributed by atoms with E-state index in [9.17, 15) is 10.1 Å². The highest BCUT2D eigenvalue weighted by Crippen LogP contribution is 2.27. The van der Waals surface area contributed by atoms with E-state index in [1.807, 2.05) is 32.0 Å². The van der Waals surface area contributed by atoms with Gasteiger partial charge >= 0.3 is 5.97 Å². The molecule has 1 aromatic heterocycles. The summed E-state index contributed by atoms with van der Waals surface area (Å²) in [6, 6.07) is 11.4. The number of benzene rings is 1. The Morgan fingerprint density at radius 3 is 2.54 bits per heavy atom. The predicted molar refractivity (Wildman–Crippen MR) is 91.1 cm³/mol. The molecular formula is C19H18N2O3. The third-order valence-electron chi connectivity index (χ3n) is 3.42. The van der Waals surface area contributed by atoms with Crippen molar-refractivity contribution < 1.29 is 14.3 Å². The lowest BCUT2D eigenvalue weighted by Gasteiger charge is -2.12. The molecule has 24 heavy (non-hydrogen) atoms. The lowest BCUT2D eigenvalue weighted by atomic mass is 10.0. The Balaban J connectivity index is 2.31. The largest absolute Gasteiger partial charge is 0.481 e. The highest BCUT2D eigenvalue weighted by atomic mass is 16.6. The fraction of sp³-hybridized carbons (Fsp3) is 0.211. The number of carbonyl (C=O) groups excluding carboxylic acids is 1. The van der Waals surface area contributed by atoms with Gasteiger partial charge in [0, 0.05) is 6.20 Å². The van der Waals surface area contributed by atoms with Gasteiger partial charge in [-0.25, -0.2) is 4.79 Å². The van der Waals surface area contributed by atoms with E-state index in [1.165, 1.54) is 7.11 Å². The van der Waals surface area contributed by atoms with E-state index in [0.29, 0.717) is 17.0 Å². The predicted octanol–water partition coefficient (Wildman–Crippen LogP) is 3.31. The van der Waals surface area contributed by atoms with Crippen molar-refractivity contribution in [2.45, 2.75) is 13.8 Å². The lowest BCUT2D eigenvalue weighted by Crippen LogP contribution is -2.13. The van der Waals surface area contributed by atoms with Gasteiger partial charge in [-0.15, -0.1) is 0 Å². The summed E-state index contributed by atoms with van der Waals surface area (Å²) in [6.07, 6.45) is 3.44. The molecule has 0 saturated carbocycles. The molecule has 122 valence electrons. The van der Waals surface area contributed by atoms with Crippen LogP contribution < -0.4 is 4.74 Å². The van der Waals surface area contributed by atoms with E-state index in [-0.39, 0.29) is 6.61 Å². The Labute approximate surface area is 141 Å². The maximum atomic E-state index is 11.2. The zero-order valence-electron chi connectivity index (χ0n) is 13.9. The number of pyridine rings is 1. The number of esters is 1. The van der Waals surface area contributed by atoms with Gasteiger partial charge in [0.2, 0.25) is 0 Å². The summed E-state index contributed by atoms with van der Waals surface area (Å²) in [6.45, 7) is 3.65. The SMILES string of the molecule is COC(=O)COc1c(C)cc(C=C(C#N)c2ccccn2)cc1C. The van der Waals surface area contributed by atoms with E-state index in [0.717, 1.165) is 16.7 Å². The molecule has 0 N–H and O–H groups in total. The van der Waals surface area contributed by atoms with Crippen molar-refractivity contribution in [2.24, 2.45) is 0 Å². The Morgan fingerprint density at radius 2 is 2.00 bits per heavy atom. The number of rotatable bonds is 5. The first-order chi connectivity index (χ1) is 11.5. The Bertz CT molecular complexity index is 782. The smallest absolute Gasteiger partial charge is 0.343 e. The molecular weight excluding hydrogens is 304 g/mol. The number of nitriles is 1. The van der Waals surface area contributed by atoms with E-state index in [1.54, 1.807) is 24.4 Å². The van der Waals surface area contributed by atoms with Gasteiger partial charge in [0.05, 0.1) is 18.4 Å². The number of methoxy groups -OCH3 is 1. The Morgan fingerprint density at radius 1 is 1.29 bits per heavy atom. The Kier molecular flexibility index (Phi) is 5.69. The minimum Gasteiger partial charge on any atom is -0.481 e. The first kappa shape index (κ1) is 17.2. The standard InChI is InChI=1S/C19H18N2O3/c1-13-8-15(9-14(2)19(13)24-12-18(22)23-3)10-16(11-20)17-6-4-5-7-21-17/h4-10H,12H2,1-3H3. The molecule has 0 bridgehead atoms. The van der Waals surface area contributed by atoms with Gasteiger partial charge in [-0.05, 0) is 60.9 Å². The molecule has 0 saturated heterocycles. The molecule has 0 amide bonds. The van der Waals surface area contributed by atoms with Gasteiger partial charge in [0.25, 0.3) is 0 Å².